The first-order chi connectivity index (χ1) is 12.7. The Labute approximate surface area is 151 Å². The zero-order valence-corrected chi connectivity index (χ0v) is 14.5. The molecule has 1 aromatic carbocycles. The van der Waals surface area contributed by atoms with E-state index in [9.17, 15) is 4.79 Å². The topological polar surface area (TPSA) is 78.1 Å². The molecule has 8 heteroatoms. The maximum absolute atomic E-state index is 12.3. The van der Waals surface area contributed by atoms with E-state index in [4.69, 9.17) is 4.74 Å². The van der Waals surface area contributed by atoms with Gasteiger partial charge in [-0.15, -0.1) is 5.10 Å². The van der Waals surface area contributed by atoms with Gasteiger partial charge in [-0.25, -0.2) is 4.68 Å². The molecule has 0 aliphatic carbocycles. The van der Waals surface area contributed by atoms with Crippen molar-refractivity contribution >= 4 is 5.91 Å². The molecule has 3 heterocycles. The van der Waals surface area contributed by atoms with E-state index < -0.39 is 0 Å². The number of aromatic nitrogens is 5. The summed E-state index contributed by atoms with van der Waals surface area (Å²) < 4.78 is 9.12. The first kappa shape index (κ1) is 16.5. The van der Waals surface area contributed by atoms with Crippen LogP contribution in [0.25, 0.3) is 0 Å². The van der Waals surface area contributed by atoms with Crippen molar-refractivity contribution in [2.75, 3.05) is 13.1 Å². The number of hydrogen-bond acceptors (Lipinski definition) is 5. The van der Waals surface area contributed by atoms with Gasteiger partial charge in [-0.05, 0) is 5.56 Å². The molecule has 0 N–H and O–H groups in total. The predicted octanol–water partition coefficient (Wildman–Crippen LogP) is 1.43. The number of benzene rings is 1. The number of aryl methyl sites for hydroxylation is 1. The summed E-state index contributed by atoms with van der Waals surface area (Å²) in [7, 11) is 1.80. The largest absolute Gasteiger partial charge is 0.370 e. The molecule has 0 spiro atoms. The number of rotatable bonds is 6. The van der Waals surface area contributed by atoms with Crippen molar-refractivity contribution in [2.45, 2.75) is 19.3 Å². The van der Waals surface area contributed by atoms with Crippen LogP contribution in [-0.4, -0.2) is 48.7 Å². The zero-order chi connectivity index (χ0) is 17.9. The van der Waals surface area contributed by atoms with E-state index in [2.05, 4.69) is 15.4 Å². The predicted molar refractivity (Wildman–Crippen MR) is 93.1 cm³/mol. The second-order valence-corrected chi connectivity index (χ2v) is 6.43. The highest BCUT2D eigenvalue weighted by molar-refractivity contribution is 5.94. The van der Waals surface area contributed by atoms with Crippen molar-refractivity contribution in [3.63, 3.8) is 0 Å². The fourth-order valence-electron chi connectivity index (χ4n) is 2.91. The summed E-state index contributed by atoms with van der Waals surface area (Å²) in [5.74, 6) is 0.000818. The molecule has 0 radical (unpaired) electrons. The average Bonchev–Trinajstić information content (AvgIpc) is 3.24. The molecule has 0 saturated carbocycles. The van der Waals surface area contributed by atoms with Gasteiger partial charge in [0.2, 0.25) is 0 Å². The molecule has 0 atom stereocenters. The van der Waals surface area contributed by atoms with Crippen LogP contribution in [0.15, 0.2) is 48.9 Å². The molecule has 134 valence electrons. The van der Waals surface area contributed by atoms with Crippen LogP contribution in [0, 0.1) is 0 Å². The summed E-state index contributed by atoms with van der Waals surface area (Å²) in [6.07, 6.45) is 5.21. The Morgan fingerprint density at radius 1 is 1.19 bits per heavy atom. The molecule has 1 aliphatic rings. The number of hydrogen-bond donors (Lipinski definition) is 0. The number of carbonyl (C=O) groups excluding carboxylic acids is 1. The highest BCUT2D eigenvalue weighted by Gasteiger charge is 2.33. The van der Waals surface area contributed by atoms with Crippen molar-refractivity contribution in [2.24, 2.45) is 7.05 Å². The van der Waals surface area contributed by atoms with Gasteiger partial charge in [0.05, 0.1) is 37.2 Å². The van der Waals surface area contributed by atoms with Gasteiger partial charge in [-0.1, -0.05) is 35.5 Å². The van der Waals surface area contributed by atoms with Crippen molar-refractivity contribution in [1.29, 1.82) is 0 Å². The van der Waals surface area contributed by atoms with Crippen LogP contribution < -0.4 is 0 Å². The van der Waals surface area contributed by atoms with Gasteiger partial charge in [0, 0.05) is 26.3 Å². The molecule has 26 heavy (non-hydrogen) atoms. The van der Waals surface area contributed by atoms with Crippen LogP contribution in [0.3, 0.4) is 0 Å². The van der Waals surface area contributed by atoms with Crippen LogP contribution in [0.4, 0.5) is 0 Å². The van der Waals surface area contributed by atoms with Crippen molar-refractivity contribution in [3.05, 3.63) is 65.7 Å². The molecule has 0 bridgehead atoms. The van der Waals surface area contributed by atoms with Crippen LogP contribution in [-0.2, 0) is 25.0 Å². The molecule has 1 amide bonds. The first-order valence-corrected chi connectivity index (χ1v) is 8.49. The molecule has 4 rings (SSSR count). The first-order valence-electron chi connectivity index (χ1n) is 8.49. The van der Waals surface area contributed by atoms with E-state index in [1.165, 1.54) is 0 Å². The third kappa shape index (κ3) is 3.50. The summed E-state index contributed by atoms with van der Waals surface area (Å²) in [5.41, 5.74) is 2.53. The van der Waals surface area contributed by atoms with Crippen molar-refractivity contribution < 1.29 is 9.53 Å². The molecule has 1 fully saturated rings. The van der Waals surface area contributed by atoms with Gasteiger partial charge >= 0.3 is 0 Å². The molecule has 1 aliphatic heterocycles. The lowest BCUT2D eigenvalue weighted by Crippen LogP contribution is -2.50. The molecule has 1 saturated heterocycles. The van der Waals surface area contributed by atoms with Crippen LogP contribution in [0.2, 0.25) is 0 Å². The minimum Gasteiger partial charge on any atom is -0.370 e. The summed E-state index contributed by atoms with van der Waals surface area (Å²) >= 11 is 0. The smallest absolute Gasteiger partial charge is 0.257 e. The van der Waals surface area contributed by atoms with Gasteiger partial charge in [0.25, 0.3) is 5.91 Å². The number of carbonyl (C=O) groups is 1. The van der Waals surface area contributed by atoms with Crippen molar-refractivity contribution in [3.8, 4) is 0 Å². The third-order valence-corrected chi connectivity index (χ3v) is 4.39. The summed E-state index contributed by atoms with van der Waals surface area (Å²) in [6.45, 7) is 2.22. The third-order valence-electron chi connectivity index (χ3n) is 4.39. The quantitative estimate of drug-likeness (QED) is 0.671. The normalized spacial score (nSPS) is 14.4. The maximum Gasteiger partial charge on any atom is 0.257 e. The Morgan fingerprint density at radius 3 is 2.73 bits per heavy atom. The number of likely N-dealkylation sites (tertiary alicyclic amines) is 1. The van der Waals surface area contributed by atoms with Gasteiger partial charge in [0.1, 0.15) is 5.69 Å². The second-order valence-electron chi connectivity index (χ2n) is 6.43. The lowest BCUT2D eigenvalue weighted by molar-refractivity contribution is 0.0498. The Morgan fingerprint density at radius 2 is 2.00 bits per heavy atom. The average molecular weight is 352 g/mol. The SMILES string of the molecule is Cn1cc(C(=O)N2CC(n3cc(COCc4ccccc4)nn3)C2)cn1. The van der Waals surface area contributed by atoms with Crippen LogP contribution in [0.1, 0.15) is 27.7 Å². The van der Waals surface area contributed by atoms with E-state index in [-0.39, 0.29) is 11.9 Å². The zero-order valence-electron chi connectivity index (χ0n) is 14.5. The highest BCUT2D eigenvalue weighted by atomic mass is 16.5. The molecular formula is C18H20N6O2. The molecule has 8 nitrogen and oxygen atoms in total. The van der Waals surface area contributed by atoms with Gasteiger partial charge in [-0.2, -0.15) is 5.10 Å². The van der Waals surface area contributed by atoms with E-state index in [0.29, 0.717) is 31.9 Å². The summed E-state index contributed by atoms with van der Waals surface area (Å²) in [4.78, 5) is 14.1. The second kappa shape index (κ2) is 7.09. The molecule has 3 aromatic rings. The van der Waals surface area contributed by atoms with E-state index in [1.807, 2.05) is 41.2 Å². The Bertz CT molecular complexity index is 882. The molecular weight excluding hydrogens is 332 g/mol. The lowest BCUT2D eigenvalue weighted by atomic mass is 10.1. The Balaban J connectivity index is 1.26. The Kier molecular flexibility index (Phi) is 4.49. The standard InChI is InChI=1S/C18H20N6O2/c1-22-8-15(7-19-22)18(25)23-10-17(11-23)24-9-16(20-21-24)13-26-12-14-5-3-2-4-6-14/h2-9,17H,10-13H2,1H3. The highest BCUT2D eigenvalue weighted by Crippen LogP contribution is 2.22. The van der Waals surface area contributed by atoms with E-state index in [0.717, 1.165) is 11.3 Å². The Hall–Kier alpha value is -3.00. The van der Waals surface area contributed by atoms with Gasteiger partial charge in [-0.3, -0.25) is 9.48 Å². The van der Waals surface area contributed by atoms with Crippen LogP contribution in [0.5, 0.6) is 0 Å². The molecule has 2 aromatic heterocycles. The minimum absolute atomic E-state index is 0.000818. The monoisotopic (exact) mass is 352 g/mol. The van der Waals surface area contributed by atoms with Gasteiger partial charge < -0.3 is 9.64 Å². The van der Waals surface area contributed by atoms with Crippen molar-refractivity contribution in [1.82, 2.24) is 29.7 Å². The number of ether oxygens (including phenoxy) is 1. The van der Waals surface area contributed by atoms with Crippen LogP contribution >= 0.6 is 0 Å². The lowest BCUT2D eigenvalue weighted by Gasteiger charge is -2.38. The minimum atomic E-state index is 0.000818. The van der Waals surface area contributed by atoms with E-state index in [1.54, 1.807) is 29.0 Å². The molecule has 0 unspecified atom stereocenters. The van der Waals surface area contributed by atoms with Gasteiger partial charge in [0.15, 0.2) is 0 Å². The number of amides is 1. The van der Waals surface area contributed by atoms with E-state index >= 15 is 0 Å². The fraction of sp³-hybridized carbons (Fsp3) is 0.333. The number of nitrogens with zero attached hydrogens (tertiary/aromatic N) is 6. The fourth-order valence-corrected chi connectivity index (χ4v) is 2.91. The maximum atomic E-state index is 12.3. The summed E-state index contributed by atoms with van der Waals surface area (Å²) in [5, 5.41) is 12.4. The summed E-state index contributed by atoms with van der Waals surface area (Å²) in [6, 6.07) is 10.2.